The molecular weight excluding hydrogens is 234 g/mol. The quantitative estimate of drug-likeness (QED) is 0.802. The van der Waals surface area contributed by atoms with Gasteiger partial charge >= 0.3 is 6.03 Å². The van der Waals surface area contributed by atoms with Gasteiger partial charge in [-0.2, -0.15) is 0 Å². The summed E-state index contributed by atoms with van der Waals surface area (Å²) in [7, 11) is 1.52. The van der Waals surface area contributed by atoms with Crippen LogP contribution in [0.5, 0.6) is 5.75 Å². The third-order valence-electron chi connectivity index (χ3n) is 2.50. The molecule has 0 bridgehead atoms. The van der Waals surface area contributed by atoms with Crippen LogP contribution in [0.2, 0.25) is 0 Å². The Morgan fingerprint density at radius 1 is 1.39 bits per heavy atom. The summed E-state index contributed by atoms with van der Waals surface area (Å²) in [6.07, 6.45) is 0. The van der Waals surface area contributed by atoms with E-state index in [-0.39, 0.29) is 11.6 Å². The lowest BCUT2D eigenvalue weighted by molar-refractivity contribution is 0.241. The Bertz CT molecular complexity index is 468. The van der Waals surface area contributed by atoms with Gasteiger partial charge < -0.3 is 19.9 Å². The van der Waals surface area contributed by atoms with Crippen molar-refractivity contribution in [1.29, 1.82) is 0 Å². The largest absolute Gasteiger partial charge is 0.496 e. The van der Waals surface area contributed by atoms with Gasteiger partial charge in [0, 0.05) is 31.4 Å². The maximum Gasteiger partial charge on any atom is 0.314 e. The van der Waals surface area contributed by atoms with Crippen LogP contribution in [-0.4, -0.2) is 30.8 Å². The van der Waals surface area contributed by atoms with Gasteiger partial charge in [0.05, 0.1) is 7.11 Å². The second kappa shape index (κ2) is 6.68. The number of pyridine rings is 1. The van der Waals surface area contributed by atoms with Gasteiger partial charge in [0.15, 0.2) is 0 Å². The molecule has 0 radical (unpaired) electrons. The number of nitrogens with zero attached hydrogens (tertiary/aromatic N) is 1. The second-order valence-electron chi connectivity index (χ2n) is 3.81. The summed E-state index contributed by atoms with van der Waals surface area (Å²) in [6.45, 7) is 5.09. The minimum Gasteiger partial charge on any atom is -0.496 e. The first kappa shape index (κ1) is 14.1. The van der Waals surface area contributed by atoms with Gasteiger partial charge in [-0.3, -0.25) is 4.79 Å². The Balaban J connectivity index is 2.63. The highest BCUT2D eigenvalue weighted by Crippen LogP contribution is 2.08. The smallest absolute Gasteiger partial charge is 0.314 e. The number of nitrogens with one attached hydrogen (secondary N) is 2. The first-order valence-electron chi connectivity index (χ1n) is 5.85. The first-order valence-corrected chi connectivity index (χ1v) is 5.85. The Morgan fingerprint density at radius 2 is 2.11 bits per heavy atom. The van der Waals surface area contributed by atoms with Gasteiger partial charge in [0.25, 0.3) is 5.56 Å². The number of carbonyl (C=O) groups is 1. The van der Waals surface area contributed by atoms with Gasteiger partial charge in [-0.15, -0.1) is 0 Å². The van der Waals surface area contributed by atoms with Gasteiger partial charge in [-0.1, -0.05) is 0 Å². The zero-order chi connectivity index (χ0) is 13.5. The summed E-state index contributed by atoms with van der Waals surface area (Å²) < 4.78 is 6.60. The molecule has 0 unspecified atom stereocenters. The normalized spacial score (nSPS) is 9.94. The number of aryl methyl sites for hydroxylation is 1. The zero-order valence-electron chi connectivity index (χ0n) is 10.9. The highest BCUT2D eigenvalue weighted by molar-refractivity contribution is 5.73. The predicted molar refractivity (Wildman–Crippen MR) is 69.1 cm³/mol. The van der Waals surface area contributed by atoms with Crippen molar-refractivity contribution >= 4 is 6.03 Å². The molecule has 0 saturated heterocycles. The number of hydrogen-bond acceptors (Lipinski definition) is 3. The van der Waals surface area contributed by atoms with Crippen LogP contribution in [0.25, 0.3) is 0 Å². The zero-order valence-corrected chi connectivity index (χ0v) is 10.9. The molecule has 1 aromatic heterocycles. The molecule has 1 heterocycles. The monoisotopic (exact) mass is 253 g/mol. The van der Waals surface area contributed by atoms with E-state index in [4.69, 9.17) is 4.74 Å². The van der Waals surface area contributed by atoms with Gasteiger partial charge in [0.1, 0.15) is 5.75 Å². The lowest BCUT2D eigenvalue weighted by Gasteiger charge is -2.12. The number of hydrogen-bond donors (Lipinski definition) is 2. The summed E-state index contributed by atoms with van der Waals surface area (Å²) >= 11 is 0. The lowest BCUT2D eigenvalue weighted by Crippen LogP contribution is -2.38. The number of ether oxygens (including phenoxy) is 1. The van der Waals surface area contributed by atoms with Crippen molar-refractivity contribution in [2.75, 3.05) is 20.2 Å². The standard InChI is InChI=1S/C12H19N3O3/c1-4-13-12(17)14-5-6-15-9(2)7-10(18-3)8-11(15)16/h7-8H,4-6H2,1-3H3,(H2,13,14,17). The van der Waals surface area contributed by atoms with Crippen LogP contribution in [0.4, 0.5) is 4.79 Å². The fraction of sp³-hybridized carbons (Fsp3) is 0.500. The van der Waals surface area contributed by atoms with Crippen LogP contribution in [0.3, 0.4) is 0 Å². The minimum atomic E-state index is -0.225. The third-order valence-corrected chi connectivity index (χ3v) is 2.50. The fourth-order valence-electron chi connectivity index (χ4n) is 1.61. The molecule has 0 saturated carbocycles. The SMILES string of the molecule is CCNC(=O)NCCn1c(C)cc(OC)cc1=O. The number of urea groups is 1. The molecule has 0 aliphatic carbocycles. The molecule has 0 aliphatic heterocycles. The van der Waals surface area contributed by atoms with E-state index in [0.29, 0.717) is 25.4 Å². The molecule has 100 valence electrons. The van der Waals surface area contributed by atoms with E-state index in [0.717, 1.165) is 5.69 Å². The van der Waals surface area contributed by atoms with Gasteiger partial charge in [0.2, 0.25) is 0 Å². The Hall–Kier alpha value is -1.98. The molecule has 6 heteroatoms. The van der Waals surface area contributed by atoms with Crippen molar-refractivity contribution in [1.82, 2.24) is 15.2 Å². The fourth-order valence-corrected chi connectivity index (χ4v) is 1.61. The van der Waals surface area contributed by atoms with E-state index in [9.17, 15) is 9.59 Å². The van der Waals surface area contributed by atoms with Crippen LogP contribution in [0, 0.1) is 6.92 Å². The molecule has 1 rings (SSSR count). The predicted octanol–water partition coefficient (Wildman–Crippen LogP) is 0.484. The van der Waals surface area contributed by atoms with Crippen molar-refractivity contribution in [3.05, 3.63) is 28.2 Å². The van der Waals surface area contributed by atoms with Crippen LogP contribution in [0.15, 0.2) is 16.9 Å². The summed E-state index contributed by atoms with van der Waals surface area (Å²) in [4.78, 5) is 22.9. The first-order chi connectivity index (χ1) is 8.58. The van der Waals surface area contributed by atoms with Crippen LogP contribution < -0.4 is 20.9 Å². The molecule has 18 heavy (non-hydrogen) atoms. The average Bonchev–Trinajstić information content (AvgIpc) is 2.32. The van der Waals surface area contributed by atoms with Gasteiger partial charge in [-0.05, 0) is 19.9 Å². The molecule has 0 fully saturated rings. The van der Waals surface area contributed by atoms with Crippen molar-refractivity contribution < 1.29 is 9.53 Å². The highest BCUT2D eigenvalue weighted by Gasteiger charge is 2.04. The number of aromatic nitrogens is 1. The van der Waals surface area contributed by atoms with E-state index in [2.05, 4.69) is 10.6 Å². The average molecular weight is 253 g/mol. The molecule has 2 N–H and O–H groups in total. The number of carbonyl (C=O) groups excluding carboxylic acids is 1. The molecule has 0 aliphatic rings. The van der Waals surface area contributed by atoms with Crippen LogP contribution in [0.1, 0.15) is 12.6 Å². The van der Waals surface area contributed by atoms with E-state index in [1.165, 1.54) is 13.2 Å². The van der Waals surface area contributed by atoms with E-state index < -0.39 is 0 Å². The highest BCUT2D eigenvalue weighted by atomic mass is 16.5. The minimum absolute atomic E-state index is 0.135. The topological polar surface area (TPSA) is 72.4 Å². The Morgan fingerprint density at radius 3 is 2.67 bits per heavy atom. The van der Waals surface area contributed by atoms with Crippen molar-refractivity contribution in [2.24, 2.45) is 0 Å². The third kappa shape index (κ3) is 3.80. The Kier molecular flexibility index (Phi) is 5.23. The van der Waals surface area contributed by atoms with Crippen LogP contribution in [-0.2, 0) is 6.54 Å². The lowest BCUT2D eigenvalue weighted by atomic mass is 10.3. The van der Waals surface area contributed by atoms with E-state index in [1.54, 1.807) is 10.6 Å². The van der Waals surface area contributed by atoms with Crippen molar-refractivity contribution in [2.45, 2.75) is 20.4 Å². The Labute approximate surface area is 106 Å². The molecule has 0 aromatic carbocycles. The summed E-state index contributed by atoms with van der Waals surface area (Å²) in [6, 6.07) is 2.99. The number of rotatable bonds is 5. The molecule has 6 nitrogen and oxygen atoms in total. The van der Waals surface area contributed by atoms with E-state index >= 15 is 0 Å². The molecule has 2 amide bonds. The molecular formula is C12H19N3O3. The molecule has 0 atom stereocenters. The maximum absolute atomic E-state index is 11.8. The molecule has 0 spiro atoms. The van der Waals surface area contributed by atoms with Crippen LogP contribution >= 0.6 is 0 Å². The second-order valence-corrected chi connectivity index (χ2v) is 3.81. The van der Waals surface area contributed by atoms with Crippen molar-refractivity contribution in [3.63, 3.8) is 0 Å². The summed E-state index contributed by atoms with van der Waals surface area (Å²) in [5.41, 5.74) is 0.668. The summed E-state index contributed by atoms with van der Waals surface area (Å²) in [5.74, 6) is 0.547. The number of methoxy groups -OCH3 is 1. The summed E-state index contributed by atoms with van der Waals surface area (Å²) in [5, 5.41) is 5.30. The van der Waals surface area contributed by atoms with Crippen molar-refractivity contribution in [3.8, 4) is 5.75 Å². The number of amides is 2. The van der Waals surface area contributed by atoms with E-state index in [1.807, 2.05) is 13.8 Å². The maximum atomic E-state index is 11.8. The molecule has 1 aromatic rings. The van der Waals surface area contributed by atoms with Gasteiger partial charge in [-0.25, -0.2) is 4.79 Å².